The quantitative estimate of drug-likeness (QED) is 0.330. The van der Waals surface area contributed by atoms with Gasteiger partial charge in [0.25, 0.3) is 6.43 Å². The van der Waals surface area contributed by atoms with Gasteiger partial charge in [-0.2, -0.15) is 0 Å². The lowest BCUT2D eigenvalue weighted by Crippen LogP contribution is -2.22. The maximum absolute atomic E-state index is 12.3. The summed E-state index contributed by atoms with van der Waals surface area (Å²) in [4.78, 5) is 8.14. The molecule has 0 spiro atoms. The fourth-order valence-corrected chi connectivity index (χ4v) is 2.06. The summed E-state index contributed by atoms with van der Waals surface area (Å²) in [6.07, 6.45) is -1.000. The van der Waals surface area contributed by atoms with Crippen LogP contribution in [0.1, 0.15) is 19.4 Å². The summed E-state index contributed by atoms with van der Waals surface area (Å²) >= 11 is 0. The fraction of sp³-hybridized carbons (Fsp3) is 0.333. The van der Waals surface area contributed by atoms with Crippen molar-refractivity contribution in [2.45, 2.75) is 32.9 Å². The van der Waals surface area contributed by atoms with Crippen LogP contribution in [0, 0.1) is 0 Å². The SMILES string of the molecule is CC(C)Oc1ccc(NC(N)=NCc2cccnc2OCC(F)F)cc1.I. The number of hydrogen-bond donors (Lipinski definition) is 2. The van der Waals surface area contributed by atoms with Crippen molar-refractivity contribution < 1.29 is 18.3 Å². The minimum Gasteiger partial charge on any atom is -0.491 e. The average molecular weight is 492 g/mol. The van der Waals surface area contributed by atoms with Crippen LogP contribution in [0.5, 0.6) is 11.6 Å². The Morgan fingerprint density at radius 2 is 1.93 bits per heavy atom. The van der Waals surface area contributed by atoms with Crippen molar-refractivity contribution in [1.82, 2.24) is 4.98 Å². The normalized spacial score (nSPS) is 11.3. The number of ether oxygens (including phenoxy) is 2. The Hall–Kier alpha value is -2.17. The number of halogens is 3. The number of alkyl halides is 2. The first-order valence-corrected chi connectivity index (χ1v) is 8.12. The molecule has 3 N–H and O–H groups in total. The third-order valence-electron chi connectivity index (χ3n) is 3.11. The van der Waals surface area contributed by atoms with Gasteiger partial charge in [0.05, 0.1) is 12.6 Å². The van der Waals surface area contributed by atoms with Crippen LogP contribution in [0.2, 0.25) is 0 Å². The number of nitrogens with one attached hydrogen (secondary N) is 1. The van der Waals surface area contributed by atoms with Crippen LogP contribution >= 0.6 is 24.0 Å². The lowest BCUT2D eigenvalue weighted by atomic mass is 10.3. The van der Waals surface area contributed by atoms with Gasteiger partial charge in [0.2, 0.25) is 5.88 Å². The molecule has 1 heterocycles. The number of nitrogens with two attached hydrogens (primary N) is 1. The molecule has 27 heavy (non-hydrogen) atoms. The number of rotatable bonds is 8. The molecule has 6 nitrogen and oxygen atoms in total. The molecule has 2 rings (SSSR count). The van der Waals surface area contributed by atoms with Crippen LogP contribution in [0.15, 0.2) is 47.6 Å². The predicted octanol–water partition coefficient (Wildman–Crippen LogP) is 4.06. The molecule has 0 radical (unpaired) electrons. The van der Waals surface area contributed by atoms with Crippen molar-refractivity contribution in [3.05, 3.63) is 48.2 Å². The summed E-state index contributed by atoms with van der Waals surface area (Å²) < 4.78 is 35.1. The molecular weight excluding hydrogens is 469 g/mol. The molecule has 148 valence electrons. The molecule has 0 saturated heterocycles. The largest absolute Gasteiger partial charge is 0.491 e. The summed E-state index contributed by atoms with van der Waals surface area (Å²) in [5.74, 6) is 1.07. The van der Waals surface area contributed by atoms with Crippen molar-refractivity contribution in [3.8, 4) is 11.6 Å². The zero-order valence-corrected chi connectivity index (χ0v) is 17.4. The Kier molecular flexibility index (Phi) is 9.76. The molecule has 0 atom stereocenters. The van der Waals surface area contributed by atoms with E-state index in [0.29, 0.717) is 5.56 Å². The van der Waals surface area contributed by atoms with E-state index in [1.807, 2.05) is 38.1 Å². The monoisotopic (exact) mass is 492 g/mol. The van der Waals surface area contributed by atoms with Gasteiger partial charge in [-0.3, -0.25) is 0 Å². The predicted molar refractivity (Wildman–Crippen MR) is 112 cm³/mol. The minimum atomic E-state index is -2.57. The molecule has 0 aliphatic carbocycles. The number of pyridine rings is 1. The van der Waals surface area contributed by atoms with Gasteiger partial charge in [0.1, 0.15) is 5.75 Å². The summed E-state index contributed by atoms with van der Waals surface area (Å²) in [7, 11) is 0. The van der Waals surface area contributed by atoms with Gasteiger partial charge in [-0.05, 0) is 44.2 Å². The minimum absolute atomic E-state index is 0. The molecule has 0 fully saturated rings. The summed E-state index contributed by atoms with van der Waals surface area (Å²) in [6.45, 7) is 3.34. The van der Waals surface area contributed by atoms with Crippen molar-refractivity contribution in [2.24, 2.45) is 10.7 Å². The number of benzene rings is 1. The number of aliphatic imine (C=N–C) groups is 1. The van der Waals surface area contributed by atoms with Crippen LogP contribution in [-0.2, 0) is 6.54 Å². The molecule has 0 aliphatic heterocycles. The third-order valence-corrected chi connectivity index (χ3v) is 3.11. The number of anilines is 1. The highest BCUT2D eigenvalue weighted by atomic mass is 127. The van der Waals surface area contributed by atoms with Crippen molar-refractivity contribution in [2.75, 3.05) is 11.9 Å². The Bertz CT molecular complexity index is 728. The van der Waals surface area contributed by atoms with Crippen molar-refractivity contribution in [3.63, 3.8) is 0 Å². The Morgan fingerprint density at radius 3 is 2.56 bits per heavy atom. The maximum Gasteiger partial charge on any atom is 0.272 e. The highest BCUT2D eigenvalue weighted by Gasteiger charge is 2.08. The first-order valence-electron chi connectivity index (χ1n) is 8.12. The van der Waals surface area contributed by atoms with Gasteiger partial charge in [-0.25, -0.2) is 18.8 Å². The first-order chi connectivity index (χ1) is 12.4. The molecule has 2 aromatic rings. The second kappa shape index (κ2) is 11.5. The molecule has 0 unspecified atom stereocenters. The Balaban J connectivity index is 0.00000364. The summed E-state index contributed by atoms with van der Waals surface area (Å²) in [5, 5.41) is 2.95. The highest BCUT2D eigenvalue weighted by Crippen LogP contribution is 2.18. The fourth-order valence-electron chi connectivity index (χ4n) is 2.06. The van der Waals surface area contributed by atoms with Crippen LogP contribution in [-0.4, -0.2) is 30.1 Å². The number of hydrogen-bond acceptors (Lipinski definition) is 4. The lowest BCUT2D eigenvalue weighted by Gasteiger charge is -2.11. The van der Waals surface area contributed by atoms with E-state index in [-0.39, 0.29) is 48.5 Å². The topological polar surface area (TPSA) is 81.8 Å². The molecule has 0 aliphatic rings. The third kappa shape index (κ3) is 8.37. The van der Waals surface area contributed by atoms with E-state index in [9.17, 15) is 8.78 Å². The van der Waals surface area contributed by atoms with Crippen molar-refractivity contribution >= 4 is 35.6 Å². The van der Waals surface area contributed by atoms with Crippen LogP contribution in [0.25, 0.3) is 0 Å². The van der Waals surface area contributed by atoms with Crippen LogP contribution < -0.4 is 20.5 Å². The van der Waals surface area contributed by atoms with E-state index in [4.69, 9.17) is 15.2 Å². The first kappa shape index (κ1) is 22.9. The Morgan fingerprint density at radius 1 is 1.22 bits per heavy atom. The van der Waals surface area contributed by atoms with E-state index >= 15 is 0 Å². The number of nitrogens with zero attached hydrogens (tertiary/aromatic N) is 2. The van der Waals surface area contributed by atoms with E-state index in [0.717, 1.165) is 11.4 Å². The van der Waals surface area contributed by atoms with Crippen LogP contribution in [0.3, 0.4) is 0 Å². The molecule has 1 aromatic heterocycles. The molecule has 1 aromatic carbocycles. The zero-order chi connectivity index (χ0) is 18.9. The average Bonchev–Trinajstić information content (AvgIpc) is 2.60. The molecule has 0 saturated carbocycles. The van der Waals surface area contributed by atoms with Gasteiger partial charge in [0.15, 0.2) is 12.6 Å². The second-order valence-corrected chi connectivity index (χ2v) is 5.69. The standard InChI is InChI=1S/C18H22F2N4O2.HI/c1-12(2)26-15-7-5-14(6-8-15)24-18(21)23-10-13-4-3-9-22-17(13)25-11-16(19)20;/h3-9,12,16H,10-11H2,1-2H3,(H3,21,23,24);1H. The molecule has 0 bridgehead atoms. The van der Waals surface area contributed by atoms with Gasteiger partial charge in [-0.1, -0.05) is 6.07 Å². The molecule has 0 amide bonds. The van der Waals surface area contributed by atoms with E-state index in [2.05, 4.69) is 15.3 Å². The number of guanidine groups is 1. The lowest BCUT2D eigenvalue weighted by molar-refractivity contribution is 0.0791. The highest BCUT2D eigenvalue weighted by molar-refractivity contribution is 14.0. The molecule has 9 heteroatoms. The van der Waals surface area contributed by atoms with E-state index in [1.54, 1.807) is 12.1 Å². The zero-order valence-electron chi connectivity index (χ0n) is 15.1. The molecular formula is C18H23F2IN4O2. The van der Waals surface area contributed by atoms with E-state index < -0.39 is 13.0 Å². The maximum atomic E-state index is 12.3. The van der Waals surface area contributed by atoms with Gasteiger partial charge in [0, 0.05) is 17.4 Å². The van der Waals surface area contributed by atoms with E-state index in [1.165, 1.54) is 6.20 Å². The van der Waals surface area contributed by atoms with Gasteiger partial charge < -0.3 is 20.5 Å². The van der Waals surface area contributed by atoms with Gasteiger partial charge in [-0.15, -0.1) is 24.0 Å². The van der Waals surface area contributed by atoms with Crippen LogP contribution in [0.4, 0.5) is 14.5 Å². The Labute approximate surface area is 174 Å². The van der Waals surface area contributed by atoms with Gasteiger partial charge >= 0.3 is 0 Å². The summed E-state index contributed by atoms with van der Waals surface area (Å²) in [5.41, 5.74) is 7.19. The second-order valence-electron chi connectivity index (χ2n) is 5.69. The van der Waals surface area contributed by atoms with Crippen molar-refractivity contribution in [1.29, 1.82) is 0 Å². The smallest absolute Gasteiger partial charge is 0.272 e. The summed E-state index contributed by atoms with van der Waals surface area (Å²) in [6, 6.07) is 10.7. The number of aromatic nitrogens is 1.